The largest absolute Gasteiger partial charge is 0.511 e. The summed E-state index contributed by atoms with van der Waals surface area (Å²) in [6, 6.07) is 10.5. The number of aliphatic hydroxyl groups is 1. The summed E-state index contributed by atoms with van der Waals surface area (Å²) in [7, 11) is 0. The Morgan fingerprint density at radius 3 is 2.36 bits per heavy atom. The molecule has 39 heavy (non-hydrogen) atoms. The molecule has 0 aromatic heterocycles. The summed E-state index contributed by atoms with van der Waals surface area (Å²) in [5, 5.41) is 13.7. The Balaban J connectivity index is 2.02. The lowest BCUT2D eigenvalue weighted by Crippen LogP contribution is -2.33. The molecule has 210 valence electrons. The molecule has 0 aliphatic heterocycles. The predicted octanol–water partition coefficient (Wildman–Crippen LogP) is 6.77. The lowest BCUT2D eigenvalue weighted by Gasteiger charge is -2.27. The van der Waals surface area contributed by atoms with Crippen molar-refractivity contribution >= 4 is 23.2 Å². The minimum atomic E-state index is -4.53. The van der Waals surface area contributed by atoms with Gasteiger partial charge < -0.3 is 10.4 Å². The first-order chi connectivity index (χ1) is 18.3. The number of nitrogens with one attached hydrogen (secondary N) is 1. The van der Waals surface area contributed by atoms with Gasteiger partial charge in [0.2, 0.25) is 0 Å². The maximum atomic E-state index is 14.3. The molecule has 1 amide bonds. The average molecular weight is 569 g/mol. The van der Waals surface area contributed by atoms with Crippen LogP contribution >= 0.6 is 11.8 Å². The first-order valence-electron chi connectivity index (χ1n) is 11.9. The summed E-state index contributed by atoms with van der Waals surface area (Å²) < 4.78 is 68.6. The van der Waals surface area contributed by atoms with Gasteiger partial charge in [-0.1, -0.05) is 38.1 Å². The van der Waals surface area contributed by atoms with Crippen molar-refractivity contribution < 1.29 is 36.7 Å². The molecule has 0 unspecified atom stereocenters. The van der Waals surface area contributed by atoms with Crippen molar-refractivity contribution in [3.63, 3.8) is 0 Å². The highest BCUT2D eigenvalue weighted by Crippen LogP contribution is 2.39. The molecule has 0 fully saturated rings. The Kier molecular flexibility index (Phi) is 9.63. The quantitative estimate of drug-likeness (QED) is 0.102. The second-order valence-electron chi connectivity index (χ2n) is 9.65. The highest BCUT2D eigenvalue weighted by molar-refractivity contribution is 7.98. The molecule has 0 heterocycles. The monoisotopic (exact) mass is 568 g/mol. The zero-order valence-corrected chi connectivity index (χ0v) is 22.4. The average Bonchev–Trinajstić information content (AvgIpc) is 2.89. The molecule has 1 aliphatic carbocycles. The second-order valence-corrected chi connectivity index (χ2v) is 10.5. The summed E-state index contributed by atoms with van der Waals surface area (Å²) in [6.45, 7) is 2.50. The normalized spacial score (nSPS) is 15.2. The molecule has 0 radical (unpaired) electrons. The molecule has 4 N–H and O–H groups in total. The van der Waals surface area contributed by atoms with Crippen molar-refractivity contribution in [1.29, 1.82) is 0 Å². The highest BCUT2D eigenvalue weighted by atomic mass is 32.2. The number of allylic oxidation sites excluding steroid dienone is 5. The molecular weight excluding hydrogens is 539 g/mol. The topological polar surface area (TPSA) is 84.6 Å². The Hall–Kier alpha value is -3.15. The van der Waals surface area contributed by atoms with Crippen LogP contribution in [0, 0.1) is 17.0 Å². The predicted molar refractivity (Wildman–Crippen MR) is 140 cm³/mol. The number of rotatable bonds is 9. The lowest BCUT2D eigenvalue weighted by atomic mass is 9.81. The number of hydrogen-bond acceptors (Lipinski definition) is 5. The third-order valence-electron chi connectivity index (χ3n) is 6.41. The van der Waals surface area contributed by atoms with Crippen LogP contribution in [0.2, 0.25) is 0 Å². The fraction of sp³-hybridized carbons (Fsp3) is 0.321. The van der Waals surface area contributed by atoms with Crippen molar-refractivity contribution in [2.75, 3.05) is 12.9 Å². The number of aliphatic hydroxyl groups excluding tert-OH is 1. The van der Waals surface area contributed by atoms with E-state index in [0.717, 1.165) is 17.0 Å². The van der Waals surface area contributed by atoms with E-state index in [1.807, 2.05) is 6.26 Å². The molecule has 0 saturated carbocycles. The van der Waals surface area contributed by atoms with E-state index in [0.29, 0.717) is 5.56 Å². The minimum Gasteiger partial charge on any atom is -0.511 e. The molecule has 11 heteroatoms. The third-order valence-corrected chi connectivity index (χ3v) is 7.15. The Morgan fingerprint density at radius 2 is 1.77 bits per heavy atom. The number of amides is 1. The van der Waals surface area contributed by atoms with Gasteiger partial charge in [-0.15, -0.1) is 11.8 Å². The first kappa shape index (κ1) is 30.4. The Bertz CT molecular complexity index is 1320. The SMILES string of the molecule is CSc1ccc(C2=C(NC(=O)/C(CON)=C(\O)C(C)(C)Cc3cccc(F)c3F)CCC(C(F)(F)F)=C2)cc1. The van der Waals surface area contributed by atoms with Crippen LogP contribution in [0.4, 0.5) is 22.0 Å². The van der Waals surface area contributed by atoms with E-state index >= 15 is 0 Å². The maximum absolute atomic E-state index is 14.3. The zero-order valence-electron chi connectivity index (χ0n) is 21.6. The van der Waals surface area contributed by atoms with Gasteiger partial charge in [-0.2, -0.15) is 13.2 Å². The van der Waals surface area contributed by atoms with Crippen LogP contribution in [-0.4, -0.2) is 30.1 Å². The van der Waals surface area contributed by atoms with E-state index in [9.17, 15) is 31.9 Å². The van der Waals surface area contributed by atoms with Gasteiger partial charge >= 0.3 is 6.18 Å². The zero-order chi connectivity index (χ0) is 29.0. The van der Waals surface area contributed by atoms with Crippen molar-refractivity contribution in [3.05, 3.63) is 93.9 Å². The molecular formula is C28H29F5N2O3S. The van der Waals surface area contributed by atoms with E-state index in [-0.39, 0.29) is 41.7 Å². The Morgan fingerprint density at radius 1 is 1.10 bits per heavy atom. The summed E-state index contributed by atoms with van der Waals surface area (Å²) in [5.41, 5.74) is -1.43. The number of thioether (sulfide) groups is 1. The first-order valence-corrected chi connectivity index (χ1v) is 13.1. The van der Waals surface area contributed by atoms with Gasteiger partial charge in [-0.25, -0.2) is 14.7 Å². The van der Waals surface area contributed by atoms with E-state index in [2.05, 4.69) is 10.2 Å². The molecule has 0 bridgehead atoms. The van der Waals surface area contributed by atoms with E-state index in [4.69, 9.17) is 5.90 Å². The number of nitrogens with two attached hydrogens (primary N) is 1. The molecule has 3 rings (SSSR count). The summed E-state index contributed by atoms with van der Waals surface area (Å²) >= 11 is 1.47. The number of hydrogen-bond donors (Lipinski definition) is 3. The molecule has 0 spiro atoms. The van der Waals surface area contributed by atoms with Crippen LogP contribution in [0.5, 0.6) is 0 Å². The van der Waals surface area contributed by atoms with Crippen LogP contribution in [-0.2, 0) is 16.1 Å². The number of carbonyl (C=O) groups is 1. The van der Waals surface area contributed by atoms with Crippen molar-refractivity contribution in [2.24, 2.45) is 11.3 Å². The standard InChI is InChI=1S/C28H29F5N2O3S/c1-27(2,14-17-5-4-6-22(29)24(17)30)25(36)21(15-38-34)26(37)35-23-12-9-18(28(31,32)33)13-20(23)16-7-10-19(39-3)11-8-16/h4-8,10-11,13,36H,9,12,14-15,34H2,1-3H3,(H,35,37)/b25-21-. The fourth-order valence-electron chi connectivity index (χ4n) is 4.30. The van der Waals surface area contributed by atoms with Gasteiger partial charge in [0.25, 0.3) is 5.91 Å². The van der Waals surface area contributed by atoms with Gasteiger partial charge in [0, 0.05) is 27.2 Å². The maximum Gasteiger partial charge on any atom is 0.412 e. The van der Waals surface area contributed by atoms with Gasteiger partial charge in [-0.05, 0) is 60.9 Å². The van der Waals surface area contributed by atoms with Crippen LogP contribution in [0.1, 0.15) is 37.8 Å². The van der Waals surface area contributed by atoms with Crippen molar-refractivity contribution in [1.82, 2.24) is 5.32 Å². The van der Waals surface area contributed by atoms with Crippen molar-refractivity contribution in [2.45, 2.75) is 44.2 Å². The van der Waals surface area contributed by atoms with Gasteiger partial charge in [0.15, 0.2) is 11.6 Å². The fourth-order valence-corrected chi connectivity index (χ4v) is 4.71. The van der Waals surface area contributed by atoms with Crippen LogP contribution < -0.4 is 11.2 Å². The van der Waals surface area contributed by atoms with Crippen LogP contribution in [0.25, 0.3) is 5.57 Å². The van der Waals surface area contributed by atoms with Gasteiger partial charge in [0.1, 0.15) is 12.4 Å². The summed E-state index contributed by atoms with van der Waals surface area (Å²) in [6.07, 6.45) is -2.30. The molecule has 0 saturated heterocycles. The van der Waals surface area contributed by atoms with Crippen LogP contribution in [0.3, 0.4) is 0 Å². The number of alkyl halides is 3. The van der Waals surface area contributed by atoms with Gasteiger partial charge in [-0.3, -0.25) is 9.63 Å². The molecule has 1 aliphatic rings. The molecule has 0 atom stereocenters. The Labute approximate surface area is 227 Å². The number of halogens is 5. The highest BCUT2D eigenvalue weighted by Gasteiger charge is 2.36. The molecule has 2 aromatic rings. The lowest BCUT2D eigenvalue weighted by molar-refractivity contribution is -0.117. The van der Waals surface area contributed by atoms with Crippen molar-refractivity contribution in [3.8, 4) is 0 Å². The van der Waals surface area contributed by atoms with E-state index in [1.54, 1.807) is 24.3 Å². The second kappa shape index (κ2) is 12.4. The number of benzene rings is 2. The summed E-state index contributed by atoms with van der Waals surface area (Å²) in [5.74, 6) is 1.75. The third kappa shape index (κ3) is 7.28. The molecule has 5 nitrogen and oxygen atoms in total. The molecule has 2 aromatic carbocycles. The number of carbonyl (C=O) groups excluding carboxylic acids is 1. The van der Waals surface area contributed by atoms with E-state index in [1.165, 1.54) is 37.7 Å². The smallest absolute Gasteiger partial charge is 0.412 e. The minimum absolute atomic E-state index is 0.0178. The van der Waals surface area contributed by atoms with E-state index < -0.39 is 47.1 Å². The van der Waals surface area contributed by atoms with Gasteiger partial charge in [0.05, 0.1) is 5.57 Å². The van der Waals surface area contributed by atoms with Crippen LogP contribution in [0.15, 0.2) is 76.0 Å². The summed E-state index contributed by atoms with van der Waals surface area (Å²) in [4.78, 5) is 18.9.